The van der Waals surface area contributed by atoms with Crippen molar-refractivity contribution in [3.63, 3.8) is 0 Å². The molecule has 0 radical (unpaired) electrons. The molecule has 1 aromatic heterocycles. The van der Waals surface area contributed by atoms with Crippen molar-refractivity contribution in [1.82, 2.24) is 14.4 Å². The van der Waals surface area contributed by atoms with Crippen LogP contribution < -0.4 is 0 Å². The summed E-state index contributed by atoms with van der Waals surface area (Å²) in [5, 5.41) is 28.2. The fraction of sp³-hybridized carbons (Fsp3) is 0.267. The predicted octanol–water partition coefficient (Wildman–Crippen LogP) is 3.64. The number of carbonyl (C=O) groups is 2. The van der Waals surface area contributed by atoms with Crippen molar-refractivity contribution in [3.05, 3.63) is 90.5 Å². The highest BCUT2D eigenvalue weighted by Crippen LogP contribution is 2.28. The Morgan fingerprint density at radius 3 is 1.76 bits per heavy atom. The van der Waals surface area contributed by atoms with E-state index < -0.39 is 18.0 Å². The number of para-hydroxylation sites is 2. The molecule has 3 aromatic carbocycles. The Morgan fingerprint density at radius 1 is 0.711 bits per heavy atom. The molecule has 0 saturated carbocycles. The van der Waals surface area contributed by atoms with Gasteiger partial charge in [-0.05, 0) is 17.7 Å². The molecule has 0 aliphatic carbocycles. The molecule has 1 unspecified atom stereocenters. The Morgan fingerprint density at radius 2 is 1.21 bits per heavy atom. The van der Waals surface area contributed by atoms with Crippen molar-refractivity contribution < 1.29 is 24.9 Å². The van der Waals surface area contributed by atoms with E-state index in [1.54, 1.807) is 0 Å². The summed E-state index contributed by atoms with van der Waals surface area (Å²) in [4.78, 5) is 23.1. The monoisotopic (exact) mass is 515 g/mol. The van der Waals surface area contributed by atoms with Gasteiger partial charge in [-0.15, -0.1) is 0 Å². The highest BCUT2D eigenvalue weighted by atomic mass is 16.4. The number of hydrogen-bond donors (Lipinski definition) is 3. The number of benzene rings is 3. The molecule has 0 amide bonds. The maximum absolute atomic E-state index is 10.9. The SMILES string of the molecule is O=C(O)C(=O)O.OC(CN1CCN(CC=Cc2ccccc2)CC1)Cn1c2ccccc2c2ccccc21. The highest BCUT2D eigenvalue weighted by molar-refractivity contribution is 6.27. The normalized spacial score (nSPS) is 15.4. The van der Waals surface area contributed by atoms with Crippen molar-refractivity contribution >= 4 is 39.8 Å². The van der Waals surface area contributed by atoms with Crippen molar-refractivity contribution in [1.29, 1.82) is 0 Å². The Labute approximate surface area is 221 Å². The number of aliphatic hydroxyl groups excluding tert-OH is 1. The number of fused-ring (bicyclic) bond motifs is 3. The zero-order chi connectivity index (χ0) is 26.9. The Bertz CT molecular complexity index is 1330. The molecular weight excluding hydrogens is 482 g/mol. The van der Waals surface area contributed by atoms with Crippen LogP contribution in [0.5, 0.6) is 0 Å². The van der Waals surface area contributed by atoms with E-state index in [0.717, 1.165) is 32.7 Å². The summed E-state index contributed by atoms with van der Waals surface area (Å²) in [5.74, 6) is -3.65. The minimum atomic E-state index is -1.82. The molecule has 3 N–H and O–H groups in total. The van der Waals surface area contributed by atoms with E-state index in [9.17, 15) is 5.11 Å². The first-order valence-electron chi connectivity index (χ1n) is 12.7. The number of nitrogens with zero attached hydrogens (tertiary/aromatic N) is 3. The lowest BCUT2D eigenvalue weighted by molar-refractivity contribution is -0.159. The summed E-state index contributed by atoms with van der Waals surface area (Å²) >= 11 is 0. The predicted molar refractivity (Wildman–Crippen MR) is 149 cm³/mol. The Balaban J connectivity index is 0.000000505. The average Bonchev–Trinajstić information content (AvgIpc) is 3.24. The van der Waals surface area contributed by atoms with E-state index in [1.807, 2.05) is 6.07 Å². The van der Waals surface area contributed by atoms with Crippen LogP contribution in [0.15, 0.2) is 84.9 Å². The minimum absolute atomic E-state index is 0.390. The molecule has 8 nitrogen and oxygen atoms in total. The molecule has 4 aromatic rings. The zero-order valence-electron chi connectivity index (χ0n) is 21.2. The molecule has 5 rings (SSSR count). The number of carboxylic acids is 2. The van der Waals surface area contributed by atoms with Crippen LogP contribution in [0, 0.1) is 0 Å². The molecule has 1 aliphatic rings. The maximum atomic E-state index is 10.9. The van der Waals surface area contributed by atoms with Gasteiger partial charge in [0.25, 0.3) is 0 Å². The third-order valence-electron chi connectivity index (χ3n) is 6.66. The second-order valence-electron chi connectivity index (χ2n) is 9.32. The molecule has 0 bridgehead atoms. The third kappa shape index (κ3) is 7.07. The molecule has 0 spiro atoms. The minimum Gasteiger partial charge on any atom is -0.473 e. The molecule has 8 heteroatoms. The molecule has 1 fully saturated rings. The lowest BCUT2D eigenvalue weighted by atomic mass is 10.2. The standard InChI is InChI=1S/C28H31N3O.C2H2O4/c32-24(22-31-27-14-6-4-12-25(27)26-13-5-7-15-28(26)31)21-30-19-17-29(18-20-30)16-8-11-23-9-2-1-3-10-23;3-1(4)2(5)6/h1-15,24,32H,16-22H2;(H,3,4)(H,5,6). The first-order chi connectivity index (χ1) is 18.4. The van der Waals surface area contributed by atoms with E-state index in [1.165, 1.54) is 27.4 Å². The van der Waals surface area contributed by atoms with Crippen LogP contribution in [-0.2, 0) is 16.1 Å². The second kappa shape index (κ2) is 13.0. The molecule has 1 aliphatic heterocycles. The van der Waals surface area contributed by atoms with E-state index in [-0.39, 0.29) is 0 Å². The second-order valence-corrected chi connectivity index (χ2v) is 9.32. The van der Waals surface area contributed by atoms with Gasteiger partial charge in [-0.25, -0.2) is 9.59 Å². The van der Waals surface area contributed by atoms with Gasteiger partial charge >= 0.3 is 11.9 Å². The quantitative estimate of drug-likeness (QED) is 0.323. The number of β-amino-alcohol motifs (C(OH)–C–C–N with tert-alkyl or cyclic N) is 1. The van der Waals surface area contributed by atoms with E-state index >= 15 is 0 Å². The van der Waals surface area contributed by atoms with E-state index in [2.05, 4.69) is 99.3 Å². The summed E-state index contributed by atoms with van der Waals surface area (Å²) in [6.45, 7) is 6.41. The smallest absolute Gasteiger partial charge is 0.414 e. The summed E-state index contributed by atoms with van der Waals surface area (Å²) < 4.78 is 2.28. The number of rotatable bonds is 7. The van der Waals surface area contributed by atoms with Gasteiger partial charge in [0.05, 0.1) is 12.6 Å². The fourth-order valence-electron chi connectivity index (χ4n) is 4.82. The Kier molecular flexibility index (Phi) is 9.26. The molecule has 198 valence electrons. The van der Waals surface area contributed by atoms with Crippen LogP contribution in [0.25, 0.3) is 27.9 Å². The van der Waals surface area contributed by atoms with Gasteiger partial charge in [-0.1, -0.05) is 78.9 Å². The summed E-state index contributed by atoms with van der Waals surface area (Å²) in [7, 11) is 0. The summed E-state index contributed by atoms with van der Waals surface area (Å²) in [6, 6.07) is 27.4. The molecule has 38 heavy (non-hydrogen) atoms. The van der Waals surface area contributed by atoms with Gasteiger partial charge in [0.15, 0.2) is 0 Å². The number of carboxylic acid groups (broad SMARTS) is 2. The van der Waals surface area contributed by atoms with Crippen LogP contribution in [0.3, 0.4) is 0 Å². The maximum Gasteiger partial charge on any atom is 0.414 e. The molecule has 1 atom stereocenters. The Hall–Kier alpha value is -3.98. The van der Waals surface area contributed by atoms with Gasteiger partial charge in [0, 0.05) is 61.1 Å². The lowest BCUT2D eigenvalue weighted by Crippen LogP contribution is -2.48. The van der Waals surface area contributed by atoms with Crippen molar-refractivity contribution in [2.45, 2.75) is 12.6 Å². The van der Waals surface area contributed by atoms with E-state index in [4.69, 9.17) is 19.8 Å². The van der Waals surface area contributed by atoms with Crippen molar-refractivity contribution in [2.24, 2.45) is 0 Å². The van der Waals surface area contributed by atoms with Crippen molar-refractivity contribution in [3.8, 4) is 0 Å². The molecule has 1 saturated heterocycles. The number of piperazine rings is 1. The van der Waals surface area contributed by atoms with Crippen LogP contribution in [-0.4, -0.2) is 87.0 Å². The van der Waals surface area contributed by atoms with Crippen LogP contribution >= 0.6 is 0 Å². The largest absolute Gasteiger partial charge is 0.473 e. The van der Waals surface area contributed by atoms with Crippen LogP contribution in [0.1, 0.15) is 5.56 Å². The summed E-state index contributed by atoms with van der Waals surface area (Å²) in [6.07, 6.45) is 4.06. The van der Waals surface area contributed by atoms with Gasteiger partial charge < -0.3 is 19.9 Å². The number of hydrogen-bond acceptors (Lipinski definition) is 5. The lowest BCUT2D eigenvalue weighted by Gasteiger charge is -2.35. The molecule has 2 heterocycles. The number of aliphatic carboxylic acids is 2. The number of aliphatic hydroxyl groups is 1. The van der Waals surface area contributed by atoms with Gasteiger partial charge in [0.1, 0.15) is 0 Å². The fourth-order valence-corrected chi connectivity index (χ4v) is 4.82. The van der Waals surface area contributed by atoms with Gasteiger partial charge in [-0.3, -0.25) is 9.80 Å². The molecular formula is C30H33N3O5. The highest BCUT2D eigenvalue weighted by Gasteiger charge is 2.20. The first kappa shape index (κ1) is 27.1. The van der Waals surface area contributed by atoms with Crippen LogP contribution in [0.2, 0.25) is 0 Å². The number of aromatic nitrogens is 1. The van der Waals surface area contributed by atoms with Gasteiger partial charge in [-0.2, -0.15) is 0 Å². The first-order valence-corrected chi connectivity index (χ1v) is 12.7. The van der Waals surface area contributed by atoms with E-state index in [0.29, 0.717) is 13.1 Å². The average molecular weight is 516 g/mol. The summed E-state index contributed by atoms with van der Waals surface area (Å²) in [5.41, 5.74) is 3.64. The van der Waals surface area contributed by atoms with Crippen LogP contribution in [0.4, 0.5) is 0 Å². The van der Waals surface area contributed by atoms with Gasteiger partial charge in [0.2, 0.25) is 0 Å². The third-order valence-corrected chi connectivity index (χ3v) is 6.66. The van der Waals surface area contributed by atoms with Crippen molar-refractivity contribution in [2.75, 3.05) is 39.3 Å². The zero-order valence-corrected chi connectivity index (χ0v) is 21.2. The topological polar surface area (TPSA) is 106 Å².